The number of carboxylic acid groups (broad SMARTS) is 1. The number of rotatable bonds is 11. The number of hydrogen-bond acceptors (Lipinski definition) is 5. The van der Waals surface area contributed by atoms with Crippen molar-refractivity contribution in [3.05, 3.63) is 59.7 Å². The Bertz CT molecular complexity index is 951. The summed E-state index contributed by atoms with van der Waals surface area (Å²) in [5.74, 6) is -0.847. The second kappa shape index (κ2) is 11.7. The first-order chi connectivity index (χ1) is 15.9. The molecule has 0 aromatic heterocycles. The Morgan fingerprint density at radius 2 is 1.67 bits per heavy atom. The number of carbonyl (C=O) groups excluding carboxylic acids is 2. The van der Waals surface area contributed by atoms with E-state index in [9.17, 15) is 19.5 Å². The lowest BCUT2D eigenvalue weighted by Gasteiger charge is -2.20. The molecule has 2 aromatic carbocycles. The van der Waals surface area contributed by atoms with Crippen molar-refractivity contribution in [2.45, 2.75) is 32.2 Å². The molecule has 7 nitrogen and oxygen atoms in total. The van der Waals surface area contributed by atoms with Gasteiger partial charge in [-0.15, -0.1) is 0 Å². The van der Waals surface area contributed by atoms with Gasteiger partial charge in [0.2, 0.25) is 5.91 Å². The van der Waals surface area contributed by atoms with Gasteiger partial charge in [0.15, 0.2) is 0 Å². The minimum Gasteiger partial charge on any atom is -0.480 e. The number of hydrogen-bond donors (Lipinski definition) is 3. The molecule has 2 atom stereocenters. The van der Waals surface area contributed by atoms with Gasteiger partial charge < -0.3 is 20.5 Å². The maximum atomic E-state index is 12.2. The predicted octanol–water partition coefficient (Wildman–Crippen LogP) is 3.87. The summed E-state index contributed by atoms with van der Waals surface area (Å²) in [5.41, 5.74) is 4.67. The summed E-state index contributed by atoms with van der Waals surface area (Å²) in [4.78, 5) is 35.5. The van der Waals surface area contributed by atoms with Crippen molar-refractivity contribution < 1.29 is 24.2 Å². The summed E-state index contributed by atoms with van der Waals surface area (Å²) in [5, 5.41) is 14.5. The summed E-state index contributed by atoms with van der Waals surface area (Å²) in [6.45, 7) is 4.28. The fourth-order valence-electron chi connectivity index (χ4n) is 3.94. The molecule has 0 fully saturated rings. The van der Waals surface area contributed by atoms with Crippen molar-refractivity contribution in [3.8, 4) is 11.1 Å². The van der Waals surface area contributed by atoms with Crippen molar-refractivity contribution in [2.24, 2.45) is 5.92 Å². The summed E-state index contributed by atoms with van der Waals surface area (Å²) in [7, 11) is 0. The van der Waals surface area contributed by atoms with Crippen LogP contribution in [0.1, 0.15) is 37.3 Å². The maximum Gasteiger partial charge on any atom is 0.407 e. The molecule has 0 saturated carbocycles. The predicted molar refractivity (Wildman–Crippen MR) is 129 cm³/mol. The number of fused-ring (bicyclic) bond motifs is 3. The van der Waals surface area contributed by atoms with Gasteiger partial charge in [0, 0.05) is 18.2 Å². The Balaban J connectivity index is 1.38. The Hall–Kier alpha value is -3.00. The number of benzene rings is 2. The van der Waals surface area contributed by atoms with E-state index in [0.29, 0.717) is 18.7 Å². The third-order valence-corrected chi connectivity index (χ3v) is 6.85. The molecule has 0 bridgehead atoms. The number of nitrogens with one attached hydrogen (secondary N) is 2. The maximum absolute atomic E-state index is 12.2. The number of ether oxygens (including phenoxy) is 1. The zero-order valence-electron chi connectivity index (χ0n) is 18.9. The molecular formula is C25H30N2O5S. The van der Waals surface area contributed by atoms with Gasteiger partial charge in [0.05, 0.1) is 5.75 Å². The molecule has 176 valence electrons. The summed E-state index contributed by atoms with van der Waals surface area (Å²) < 4.78 is 5.48. The molecule has 0 heterocycles. The van der Waals surface area contributed by atoms with E-state index in [1.54, 1.807) is 6.92 Å². The highest BCUT2D eigenvalue weighted by Crippen LogP contribution is 2.44. The van der Waals surface area contributed by atoms with Crippen LogP contribution in [0.2, 0.25) is 0 Å². The number of aliphatic carboxylic acids is 1. The van der Waals surface area contributed by atoms with Crippen LogP contribution >= 0.6 is 11.8 Å². The molecule has 1 unspecified atom stereocenters. The fourth-order valence-corrected chi connectivity index (χ4v) is 4.60. The number of alkyl carbamates (subject to hydrolysis) is 1. The van der Waals surface area contributed by atoms with Crippen LogP contribution in [0.3, 0.4) is 0 Å². The molecule has 0 spiro atoms. The van der Waals surface area contributed by atoms with Crippen molar-refractivity contribution in [1.29, 1.82) is 0 Å². The van der Waals surface area contributed by atoms with Crippen LogP contribution in [0.25, 0.3) is 11.1 Å². The molecule has 33 heavy (non-hydrogen) atoms. The summed E-state index contributed by atoms with van der Waals surface area (Å²) >= 11 is 1.33. The van der Waals surface area contributed by atoms with E-state index in [1.807, 2.05) is 31.2 Å². The van der Waals surface area contributed by atoms with Crippen LogP contribution < -0.4 is 10.6 Å². The largest absolute Gasteiger partial charge is 0.480 e. The van der Waals surface area contributed by atoms with Crippen molar-refractivity contribution in [1.82, 2.24) is 10.6 Å². The van der Waals surface area contributed by atoms with Gasteiger partial charge in [-0.1, -0.05) is 68.8 Å². The molecule has 2 aromatic rings. The summed E-state index contributed by atoms with van der Waals surface area (Å²) in [6.07, 6.45) is 0.165. The van der Waals surface area contributed by atoms with Gasteiger partial charge in [-0.2, -0.15) is 11.8 Å². The Morgan fingerprint density at radius 3 is 2.24 bits per heavy atom. The highest BCUT2D eigenvalue weighted by molar-refractivity contribution is 7.99. The lowest BCUT2D eigenvalue weighted by molar-refractivity contribution is -0.143. The molecule has 8 heteroatoms. The average Bonchev–Trinajstić information content (AvgIpc) is 3.14. The quantitative estimate of drug-likeness (QED) is 0.431. The zero-order valence-corrected chi connectivity index (χ0v) is 19.7. The van der Waals surface area contributed by atoms with Gasteiger partial charge >= 0.3 is 12.1 Å². The smallest absolute Gasteiger partial charge is 0.407 e. The van der Waals surface area contributed by atoms with E-state index in [2.05, 4.69) is 34.9 Å². The van der Waals surface area contributed by atoms with E-state index in [-0.39, 0.29) is 30.1 Å². The van der Waals surface area contributed by atoms with E-state index < -0.39 is 18.1 Å². The Kier molecular flexibility index (Phi) is 8.77. The van der Waals surface area contributed by atoms with Gasteiger partial charge in [0.1, 0.15) is 12.6 Å². The molecule has 0 aliphatic heterocycles. The lowest BCUT2D eigenvalue weighted by Crippen LogP contribution is -2.45. The second-order valence-corrected chi connectivity index (χ2v) is 9.18. The van der Waals surface area contributed by atoms with E-state index >= 15 is 0 Å². The molecule has 0 saturated heterocycles. The Morgan fingerprint density at radius 1 is 1.06 bits per heavy atom. The minimum atomic E-state index is -1.03. The average molecular weight is 471 g/mol. The second-order valence-electron chi connectivity index (χ2n) is 8.07. The first-order valence-electron chi connectivity index (χ1n) is 11.1. The van der Waals surface area contributed by atoms with Gasteiger partial charge in [-0.05, 0) is 28.2 Å². The van der Waals surface area contributed by atoms with Crippen LogP contribution in [-0.4, -0.2) is 53.8 Å². The highest BCUT2D eigenvalue weighted by atomic mass is 32.2. The first kappa shape index (κ1) is 24.6. The summed E-state index contributed by atoms with van der Waals surface area (Å²) in [6, 6.07) is 15.4. The molecule has 3 rings (SSSR count). The lowest BCUT2D eigenvalue weighted by atomic mass is 9.98. The van der Waals surface area contributed by atoms with Crippen LogP contribution in [0.5, 0.6) is 0 Å². The molecule has 1 aliphatic rings. The van der Waals surface area contributed by atoms with Crippen molar-refractivity contribution in [2.75, 3.05) is 24.7 Å². The molecule has 2 amide bonds. The molecule has 0 radical (unpaired) electrons. The first-order valence-corrected chi connectivity index (χ1v) is 12.3. The zero-order chi connectivity index (χ0) is 23.8. The molecular weight excluding hydrogens is 440 g/mol. The van der Waals surface area contributed by atoms with E-state index in [1.165, 1.54) is 22.9 Å². The number of carboxylic acids is 1. The number of amides is 2. The molecule has 1 aliphatic carbocycles. The fraction of sp³-hybridized carbons (Fsp3) is 0.400. The molecule has 3 N–H and O–H groups in total. The van der Waals surface area contributed by atoms with Crippen LogP contribution in [0.4, 0.5) is 4.79 Å². The normalized spacial score (nSPS) is 14.0. The van der Waals surface area contributed by atoms with E-state index in [0.717, 1.165) is 11.1 Å². The highest BCUT2D eigenvalue weighted by Gasteiger charge is 2.29. The van der Waals surface area contributed by atoms with Gasteiger partial charge in [-0.25, -0.2) is 9.59 Å². The van der Waals surface area contributed by atoms with Crippen LogP contribution in [0, 0.1) is 5.92 Å². The third-order valence-electron chi connectivity index (χ3n) is 5.89. The Labute approximate surface area is 198 Å². The topological polar surface area (TPSA) is 105 Å². The van der Waals surface area contributed by atoms with Crippen LogP contribution in [-0.2, 0) is 14.3 Å². The van der Waals surface area contributed by atoms with Gasteiger partial charge in [0.25, 0.3) is 0 Å². The SMILES string of the molecule is CCC(C)[C@H](NC(=O)CSCCNC(=O)OCC1c2ccccc2-c2ccccc21)C(=O)O. The monoisotopic (exact) mass is 470 g/mol. The standard InChI is InChI=1S/C25H30N2O5S/c1-3-16(2)23(24(29)30)27-22(28)15-33-13-12-26-25(31)32-14-21-19-10-6-4-8-17(19)18-9-5-7-11-20(18)21/h4-11,16,21,23H,3,12-15H2,1-2H3,(H,26,31)(H,27,28)(H,29,30)/t16?,23-/m0/s1. The van der Waals surface area contributed by atoms with Crippen molar-refractivity contribution >= 4 is 29.7 Å². The van der Waals surface area contributed by atoms with Crippen molar-refractivity contribution in [3.63, 3.8) is 0 Å². The number of carbonyl (C=O) groups is 3. The minimum absolute atomic E-state index is 0.00825. The van der Waals surface area contributed by atoms with Gasteiger partial charge in [-0.3, -0.25) is 4.79 Å². The van der Waals surface area contributed by atoms with Crippen LogP contribution in [0.15, 0.2) is 48.5 Å². The van der Waals surface area contributed by atoms with E-state index in [4.69, 9.17) is 4.74 Å². The third kappa shape index (κ3) is 6.28. The number of thioether (sulfide) groups is 1.